The number of hydrogen-bond acceptors (Lipinski definition) is 6. The van der Waals surface area contributed by atoms with E-state index in [9.17, 15) is 0 Å². The summed E-state index contributed by atoms with van der Waals surface area (Å²) in [6, 6.07) is 1.44. The molecule has 0 aromatic carbocycles. The van der Waals surface area contributed by atoms with Crippen LogP contribution in [0.5, 0.6) is 0 Å². The van der Waals surface area contributed by atoms with Gasteiger partial charge in [0.2, 0.25) is 5.13 Å². The second kappa shape index (κ2) is 6.41. The van der Waals surface area contributed by atoms with Crippen LogP contribution in [0.3, 0.4) is 0 Å². The zero-order valence-corrected chi connectivity index (χ0v) is 13.1. The zero-order valence-electron chi connectivity index (χ0n) is 11.5. The quantitative estimate of drug-likeness (QED) is 0.817. The number of thioether (sulfide) groups is 1. The second-order valence-corrected chi connectivity index (χ2v) is 7.88. The zero-order chi connectivity index (χ0) is 13.1. The maximum absolute atomic E-state index is 4.25. The lowest BCUT2D eigenvalue weighted by Crippen LogP contribution is -2.36. The van der Waals surface area contributed by atoms with Crippen LogP contribution in [0.4, 0.5) is 5.13 Å². The number of nitrogens with one attached hydrogen (secondary N) is 1. The molecule has 19 heavy (non-hydrogen) atoms. The third kappa shape index (κ3) is 4.07. The van der Waals surface area contributed by atoms with Crippen LogP contribution in [0.2, 0.25) is 0 Å². The van der Waals surface area contributed by atoms with Crippen LogP contribution in [0.25, 0.3) is 0 Å². The average molecular weight is 298 g/mol. The third-order valence-electron chi connectivity index (χ3n) is 3.91. The lowest BCUT2D eigenvalue weighted by molar-refractivity contribution is 0.182. The fourth-order valence-corrected chi connectivity index (χ4v) is 4.46. The second-order valence-electron chi connectivity index (χ2n) is 5.56. The predicted molar refractivity (Wildman–Crippen MR) is 82.2 cm³/mol. The predicted octanol–water partition coefficient (Wildman–Crippen LogP) is 3.08. The molecule has 1 aliphatic heterocycles. The number of likely N-dealkylation sites (tertiary alicyclic amines) is 1. The molecule has 3 rings (SSSR count). The van der Waals surface area contributed by atoms with E-state index in [2.05, 4.69) is 27.5 Å². The summed E-state index contributed by atoms with van der Waals surface area (Å²) in [5.41, 5.74) is 0. The fraction of sp³-hybridized carbons (Fsp3) is 0.846. The lowest BCUT2D eigenvalue weighted by atomic mass is 10.0. The van der Waals surface area contributed by atoms with E-state index < -0.39 is 0 Å². The summed E-state index contributed by atoms with van der Waals surface area (Å²) in [5.74, 6) is 1.16. The number of hydrogen-bond donors (Lipinski definition) is 1. The van der Waals surface area contributed by atoms with Crippen molar-refractivity contribution in [3.05, 3.63) is 0 Å². The molecule has 1 saturated carbocycles. The lowest BCUT2D eigenvalue weighted by Gasteiger charge is -2.32. The minimum atomic E-state index is 0.668. The van der Waals surface area contributed by atoms with Gasteiger partial charge in [-0.3, -0.25) is 0 Å². The molecule has 1 aromatic rings. The highest BCUT2D eigenvalue weighted by Gasteiger charge is 2.22. The maximum atomic E-state index is 4.25. The number of piperidine rings is 1. The minimum Gasteiger partial charge on any atom is -0.357 e. The molecule has 1 aromatic heterocycles. The van der Waals surface area contributed by atoms with Crippen molar-refractivity contribution in [3.63, 3.8) is 0 Å². The number of aromatic nitrogens is 2. The Morgan fingerprint density at radius 3 is 3.00 bits per heavy atom. The van der Waals surface area contributed by atoms with Gasteiger partial charge in [-0.25, -0.2) is 0 Å². The molecule has 2 aliphatic rings. The normalized spacial score (nSPS) is 24.6. The van der Waals surface area contributed by atoms with Crippen molar-refractivity contribution in [2.75, 3.05) is 24.7 Å². The Kier molecular flexibility index (Phi) is 4.61. The molecule has 1 saturated heterocycles. The summed E-state index contributed by atoms with van der Waals surface area (Å²) in [6.07, 6.45) is 7.97. The first kappa shape index (κ1) is 13.6. The van der Waals surface area contributed by atoms with Crippen LogP contribution >= 0.6 is 23.1 Å². The van der Waals surface area contributed by atoms with E-state index in [1.807, 2.05) is 11.8 Å². The summed E-state index contributed by atoms with van der Waals surface area (Å²) < 4.78 is 1.11. The summed E-state index contributed by atoms with van der Waals surface area (Å²) in [6.45, 7) is 1.27. The van der Waals surface area contributed by atoms with Gasteiger partial charge < -0.3 is 10.2 Å². The SMILES string of the molecule is CN1CCCC[C@@H]1CCSc1nnc(NC2CC2)s1. The molecule has 0 amide bonds. The molecular formula is C13H22N4S2. The summed E-state index contributed by atoms with van der Waals surface area (Å²) >= 11 is 3.57. The molecule has 1 N–H and O–H groups in total. The van der Waals surface area contributed by atoms with E-state index in [-0.39, 0.29) is 0 Å². The van der Waals surface area contributed by atoms with Crippen LogP contribution in [-0.4, -0.2) is 46.5 Å². The van der Waals surface area contributed by atoms with Crippen molar-refractivity contribution in [1.29, 1.82) is 0 Å². The van der Waals surface area contributed by atoms with Gasteiger partial charge in [-0.1, -0.05) is 29.5 Å². The summed E-state index contributed by atoms with van der Waals surface area (Å²) in [4.78, 5) is 2.52. The number of nitrogens with zero attached hydrogens (tertiary/aromatic N) is 3. The Balaban J connectivity index is 1.40. The van der Waals surface area contributed by atoms with Gasteiger partial charge in [-0.05, 0) is 45.7 Å². The van der Waals surface area contributed by atoms with Gasteiger partial charge in [0.1, 0.15) is 0 Å². The van der Waals surface area contributed by atoms with Crippen molar-refractivity contribution in [3.8, 4) is 0 Å². The van der Waals surface area contributed by atoms with Crippen LogP contribution in [0, 0.1) is 0 Å². The molecular weight excluding hydrogens is 276 g/mol. The molecule has 1 aliphatic carbocycles. The first-order valence-corrected chi connectivity index (χ1v) is 9.04. The van der Waals surface area contributed by atoms with Gasteiger partial charge in [0.15, 0.2) is 4.34 Å². The van der Waals surface area contributed by atoms with Crippen LogP contribution in [0.15, 0.2) is 4.34 Å². The number of anilines is 1. The molecule has 0 bridgehead atoms. The Morgan fingerprint density at radius 1 is 1.32 bits per heavy atom. The van der Waals surface area contributed by atoms with Crippen molar-refractivity contribution in [2.24, 2.45) is 0 Å². The fourth-order valence-electron chi connectivity index (χ4n) is 2.52. The molecule has 2 fully saturated rings. The molecule has 0 spiro atoms. The van der Waals surface area contributed by atoms with Gasteiger partial charge in [0.25, 0.3) is 0 Å². The monoisotopic (exact) mass is 298 g/mol. The van der Waals surface area contributed by atoms with Crippen molar-refractivity contribution in [2.45, 2.75) is 54.9 Å². The Morgan fingerprint density at radius 2 is 2.21 bits per heavy atom. The van der Waals surface area contributed by atoms with E-state index in [1.165, 1.54) is 45.1 Å². The standard InChI is InChI=1S/C13H22N4S2/c1-17-8-3-2-4-11(17)7-9-18-13-16-15-12(19-13)14-10-5-6-10/h10-11H,2-9H2,1H3,(H,14,15)/t11-/m1/s1. The van der Waals surface area contributed by atoms with E-state index >= 15 is 0 Å². The molecule has 4 nitrogen and oxygen atoms in total. The van der Waals surface area contributed by atoms with E-state index in [1.54, 1.807) is 11.3 Å². The van der Waals surface area contributed by atoms with Crippen LogP contribution < -0.4 is 5.32 Å². The number of rotatable bonds is 6. The smallest absolute Gasteiger partial charge is 0.206 e. The van der Waals surface area contributed by atoms with E-state index in [4.69, 9.17) is 0 Å². The first-order valence-electron chi connectivity index (χ1n) is 7.24. The highest BCUT2D eigenvalue weighted by Crippen LogP contribution is 2.31. The average Bonchev–Trinajstić information content (AvgIpc) is 3.10. The van der Waals surface area contributed by atoms with Crippen LogP contribution in [-0.2, 0) is 0 Å². The topological polar surface area (TPSA) is 41.1 Å². The Hall–Kier alpha value is -0.330. The van der Waals surface area contributed by atoms with E-state index in [0.29, 0.717) is 6.04 Å². The maximum Gasteiger partial charge on any atom is 0.206 e. The van der Waals surface area contributed by atoms with Crippen LogP contribution in [0.1, 0.15) is 38.5 Å². The van der Waals surface area contributed by atoms with Gasteiger partial charge in [-0.2, -0.15) is 0 Å². The van der Waals surface area contributed by atoms with E-state index in [0.717, 1.165) is 21.3 Å². The van der Waals surface area contributed by atoms with Gasteiger partial charge in [-0.15, -0.1) is 10.2 Å². The minimum absolute atomic E-state index is 0.668. The highest BCUT2D eigenvalue weighted by atomic mass is 32.2. The Bertz CT molecular complexity index is 405. The van der Waals surface area contributed by atoms with Crippen molar-refractivity contribution in [1.82, 2.24) is 15.1 Å². The molecule has 0 radical (unpaired) electrons. The van der Waals surface area contributed by atoms with Gasteiger partial charge in [0, 0.05) is 17.8 Å². The van der Waals surface area contributed by atoms with Crippen molar-refractivity contribution >= 4 is 28.2 Å². The largest absolute Gasteiger partial charge is 0.357 e. The third-order valence-corrected chi connectivity index (χ3v) is 5.93. The summed E-state index contributed by atoms with van der Waals surface area (Å²) in [7, 11) is 2.26. The molecule has 106 valence electrons. The highest BCUT2D eigenvalue weighted by molar-refractivity contribution is 8.01. The first-order chi connectivity index (χ1) is 9.31. The summed E-state index contributed by atoms with van der Waals surface area (Å²) in [5, 5.41) is 12.9. The van der Waals surface area contributed by atoms with Crippen molar-refractivity contribution < 1.29 is 0 Å². The molecule has 6 heteroatoms. The Labute approximate surface area is 123 Å². The van der Waals surface area contributed by atoms with Gasteiger partial charge in [0.05, 0.1) is 0 Å². The molecule has 2 heterocycles. The van der Waals surface area contributed by atoms with Gasteiger partial charge >= 0.3 is 0 Å². The molecule has 0 unspecified atom stereocenters. The molecule has 1 atom stereocenters.